The van der Waals surface area contributed by atoms with Gasteiger partial charge >= 0.3 is 5.69 Å². The van der Waals surface area contributed by atoms with Crippen LogP contribution in [0.5, 0.6) is 5.75 Å². The fraction of sp³-hybridized carbons (Fsp3) is 0.462. The molecule has 10 heteroatoms. The Bertz CT molecular complexity index is 1410. The summed E-state index contributed by atoms with van der Waals surface area (Å²) < 4.78 is 7.64. The van der Waals surface area contributed by atoms with Gasteiger partial charge in [-0.15, -0.1) is 0 Å². The van der Waals surface area contributed by atoms with Gasteiger partial charge in [-0.1, -0.05) is 23.2 Å². The highest BCUT2D eigenvalue weighted by Crippen LogP contribution is 2.46. The Hall–Kier alpha value is -2.52. The number of halogens is 2. The van der Waals surface area contributed by atoms with Crippen molar-refractivity contribution < 1.29 is 14.6 Å². The molecule has 3 aromatic rings. The molecule has 2 aliphatic heterocycles. The maximum atomic E-state index is 12.8. The van der Waals surface area contributed by atoms with E-state index >= 15 is 0 Å². The lowest BCUT2D eigenvalue weighted by atomic mass is 9.73. The molecule has 2 fully saturated rings. The molecule has 1 saturated carbocycles. The number of nitrogens with zero attached hydrogens (tertiary/aromatic N) is 2. The van der Waals surface area contributed by atoms with Gasteiger partial charge in [0.2, 0.25) is 5.91 Å². The molecule has 1 saturated heterocycles. The van der Waals surface area contributed by atoms with E-state index in [1.807, 2.05) is 12.1 Å². The second kappa shape index (κ2) is 8.52. The molecular formula is C26H28Cl2N4O4. The predicted molar refractivity (Wildman–Crippen MR) is 139 cm³/mol. The number of amides is 1. The Kier molecular flexibility index (Phi) is 5.64. The van der Waals surface area contributed by atoms with Crippen LogP contribution in [0.3, 0.4) is 0 Å². The van der Waals surface area contributed by atoms with E-state index in [0.717, 1.165) is 37.2 Å². The van der Waals surface area contributed by atoms with Gasteiger partial charge in [-0.3, -0.25) is 14.3 Å². The number of aromatic nitrogens is 2. The van der Waals surface area contributed by atoms with Crippen LogP contribution in [0.1, 0.15) is 44.2 Å². The van der Waals surface area contributed by atoms with Crippen LogP contribution < -0.4 is 15.7 Å². The van der Waals surface area contributed by atoms with Crippen LogP contribution in [0, 0.1) is 0 Å². The molecule has 0 atom stereocenters. The summed E-state index contributed by atoms with van der Waals surface area (Å²) in [6.45, 7) is 4.51. The summed E-state index contributed by atoms with van der Waals surface area (Å²) in [6.07, 6.45) is 2.50. The van der Waals surface area contributed by atoms with Crippen molar-refractivity contribution in [3.8, 4) is 5.75 Å². The topological polar surface area (TPSA) is 99.6 Å². The first-order valence-corrected chi connectivity index (χ1v) is 13.0. The molecule has 190 valence electrons. The third-order valence-corrected chi connectivity index (χ3v) is 8.54. The summed E-state index contributed by atoms with van der Waals surface area (Å²) >= 11 is 12.8. The second-order valence-corrected chi connectivity index (χ2v) is 11.4. The molecule has 0 unspecified atom stereocenters. The number of likely N-dealkylation sites (tertiary alicyclic amines) is 1. The molecule has 36 heavy (non-hydrogen) atoms. The fourth-order valence-corrected chi connectivity index (χ4v) is 6.57. The van der Waals surface area contributed by atoms with Crippen molar-refractivity contribution in [1.82, 2.24) is 14.5 Å². The molecule has 1 aromatic heterocycles. The first-order chi connectivity index (χ1) is 17.1. The highest BCUT2D eigenvalue weighted by Gasteiger charge is 2.48. The van der Waals surface area contributed by atoms with Gasteiger partial charge in [0.15, 0.2) is 0 Å². The number of H-pyrrole nitrogens is 1. The van der Waals surface area contributed by atoms with E-state index in [2.05, 4.69) is 15.2 Å². The number of imidazole rings is 1. The maximum absolute atomic E-state index is 12.8. The lowest BCUT2D eigenvalue weighted by Gasteiger charge is -2.41. The van der Waals surface area contributed by atoms with Crippen molar-refractivity contribution in [2.24, 2.45) is 0 Å². The number of benzene rings is 2. The van der Waals surface area contributed by atoms with Crippen molar-refractivity contribution in [2.45, 2.75) is 49.7 Å². The number of hydrogen-bond donors (Lipinski definition) is 3. The summed E-state index contributed by atoms with van der Waals surface area (Å²) in [5.41, 5.74) is 1.65. The van der Waals surface area contributed by atoms with Crippen LogP contribution in [0.15, 0.2) is 35.1 Å². The SMILES string of the molecule is CC1(O)CC(n2c(=O)[nH]c3cc(OCCN4CCC5(CC4)C(=O)Nc4ccc(Cl)cc45)cc(Cl)c32)C1. The highest BCUT2D eigenvalue weighted by atomic mass is 35.5. The smallest absolute Gasteiger partial charge is 0.326 e. The van der Waals surface area contributed by atoms with Gasteiger partial charge in [0.25, 0.3) is 0 Å². The van der Waals surface area contributed by atoms with Crippen molar-refractivity contribution in [3.05, 3.63) is 56.4 Å². The van der Waals surface area contributed by atoms with Gasteiger partial charge in [0, 0.05) is 35.4 Å². The summed E-state index contributed by atoms with van der Waals surface area (Å²) in [7, 11) is 0. The Labute approximate surface area is 218 Å². The Morgan fingerprint density at radius 3 is 2.61 bits per heavy atom. The first-order valence-electron chi connectivity index (χ1n) is 12.3. The quantitative estimate of drug-likeness (QED) is 0.461. The number of hydrogen-bond acceptors (Lipinski definition) is 5. The standard InChI is InChI=1S/C26H28Cl2N4O4/c1-25(35)13-16(14-25)32-22-19(28)11-17(12-21(22)30-24(32)34)36-9-8-31-6-4-26(5-7-31)18-10-15(27)2-3-20(18)29-23(26)33/h2-3,10-12,16,35H,4-9,13-14H2,1H3,(H,29,33)(H,30,34). The minimum Gasteiger partial charge on any atom is -0.492 e. The minimum absolute atomic E-state index is 0.0602. The normalized spacial score (nSPS) is 25.1. The highest BCUT2D eigenvalue weighted by molar-refractivity contribution is 6.35. The van der Waals surface area contributed by atoms with Gasteiger partial charge in [0.05, 0.1) is 27.1 Å². The van der Waals surface area contributed by atoms with Gasteiger partial charge in [-0.05, 0) is 69.5 Å². The predicted octanol–water partition coefficient (Wildman–Crippen LogP) is 4.09. The van der Waals surface area contributed by atoms with Crippen LogP contribution in [0.2, 0.25) is 10.0 Å². The van der Waals surface area contributed by atoms with Crippen molar-refractivity contribution >= 4 is 45.8 Å². The molecule has 0 radical (unpaired) electrons. The van der Waals surface area contributed by atoms with E-state index in [0.29, 0.717) is 52.8 Å². The summed E-state index contributed by atoms with van der Waals surface area (Å²) in [5.74, 6) is 0.652. The van der Waals surface area contributed by atoms with Crippen LogP contribution in [-0.2, 0) is 10.2 Å². The molecule has 1 aliphatic carbocycles. The first kappa shape index (κ1) is 23.9. The molecule has 2 aromatic carbocycles. The molecule has 1 amide bonds. The number of nitrogens with one attached hydrogen (secondary N) is 2. The lowest BCUT2D eigenvalue weighted by molar-refractivity contribution is -0.122. The summed E-state index contributed by atoms with van der Waals surface area (Å²) in [6, 6.07) is 9.06. The number of aliphatic hydroxyl groups is 1. The fourth-order valence-electron chi connectivity index (χ4n) is 6.09. The Balaban J connectivity index is 1.09. The van der Waals surface area contributed by atoms with E-state index in [1.165, 1.54) is 0 Å². The van der Waals surface area contributed by atoms with Crippen molar-refractivity contribution in [1.29, 1.82) is 0 Å². The lowest BCUT2D eigenvalue weighted by Crippen LogP contribution is -2.47. The molecule has 3 aliphatic rings. The van der Waals surface area contributed by atoms with E-state index in [9.17, 15) is 14.7 Å². The number of aromatic amines is 1. The van der Waals surface area contributed by atoms with Crippen LogP contribution >= 0.6 is 23.2 Å². The summed E-state index contributed by atoms with van der Waals surface area (Å²) in [5, 5.41) is 14.2. The third-order valence-electron chi connectivity index (χ3n) is 8.02. The van der Waals surface area contributed by atoms with Gasteiger partial charge in [-0.25, -0.2) is 4.79 Å². The van der Waals surface area contributed by atoms with E-state index < -0.39 is 11.0 Å². The number of anilines is 1. The molecule has 3 N–H and O–H groups in total. The molecule has 8 nitrogen and oxygen atoms in total. The molecule has 0 bridgehead atoms. The second-order valence-electron chi connectivity index (χ2n) is 10.6. The van der Waals surface area contributed by atoms with Crippen LogP contribution in [0.4, 0.5) is 5.69 Å². The average Bonchev–Trinajstić information content (AvgIpc) is 3.27. The molecular weight excluding hydrogens is 503 g/mol. The Morgan fingerprint density at radius 1 is 1.14 bits per heavy atom. The van der Waals surface area contributed by atoms with E-state index in [1.54, 1.807) is 29.7 Å². The third kappa shape index (κ3) is 3.91. The largest absolute Gasteiger partial charge is 0.492 e. The zero-order chi connectivity index (χ0) is 25.2. The number of ether oxygens (including phenoxy) is 1. The number of carbonyl (C=O) groups is 1. The van der Waals surface area contributed by atoms with Crippen molar-refractivity contribution in [2.75, 3.05) is 31.6 Å². The zero-order valence-corrected chi connectivity index (χ0v) is 21.5. The van der Waals surface area contributed by atoms with E-state index in [-0.39, 0.29) is 17.6 Å². The minimum atomic E-state index is -0.741. The van der Waals surface area contributed by atoms with Crippen LogP contribution in [-0.4, -0.2) is 57.3 Å². The average molecular weight is 531 g/mol. The van der Waals surface area contributed by atoms with E-state index in [4.69, 9.17) is 27.9 Å². The maximum Gasteiger partial charge on any atom is 0.326 e. The summed E-state index contributed by atoms with van der Waals surface area (Å²) in [4.78, 5) is 30.6. The number of fused-ring (bicyclic) bond motifs is 3. The molecule has 6 rings (SSSR count). The number of carbonyl (C=O) groups excluding carboxylic acids is 1. The van der Waals surface area contributed by atoms with Gasteiger partial charge < -0.3 is 20.1 Å². The van der Waals surface area contributed by atoms with Crippen LogP contribution in [0.25, 0.3) is 11.0 Å². The zero-order valence-electron chi connectivity index (χ0n) is 19.9. The van der Waals surface area contributed by atoms with Gasteiger partial charge in [0.1, 0.15) is 12.4 Å². The van der Waals surface area contributed by atoms with Crippen molar-refractivity contribution in [3.63, 3.8) is 0 Å². The molecule has 1 spiro atoms. The Morgan fingerprint density at radius 2 is 1.89 bits per heavy atom. The number of piperidine rings is 1. The van der Waals surface area contributed by atoms with Gasteiger partial charge in [-0.2, -0.15) is 0 Å². The monoisotopic (exact) mass is 530 g/mol. The molecule has 3 heterocycles. The number of rotatable bonds is 5.